The number of aliphatic hydroxyl groups is 6. The first-order valence-corrected chi connectivity index (χ1v) is 15.0. The van der Waals surface area contributed by atoms with Crippen LogP contribution in [0.15, 0.2) is 10.7 Å². The second-order valence-corrected chi connectivity index (χ2v) is 12.1. The Hall–Kier alpha value is -2.98. The van der Waals surface area contributed by atoms with Crippen LogP contribution in [0.3, 0.4) is 0 Å². The van der Waals surface area contributed by atoms with E-state index in [4.69, 9.17) is 23.4 Å². The molecule has 0 unspecified atom stereocenters. The van der Waals surface area contributed by atoms with Crippen LogP contribution in [0.1, 0.15) is 61.1 Å². The first-order valence-electron chi connectivity index (χ1n) is 15.0. The van der Waals surface area contributed by atoms with E-state index in [0.717, 1.165) is 16.5 Å². The van der Waals surface area contributed by atoms with Gasteiger partial charge in [-0.3, -0.25) is 9.59 Å². The molecule has 7 N–H and O–H groups in total. The maximum atomic E-state index is 13.2. The van der Waals surface area contributed by atoms with Crippen molar-refractivity contribution >= 4 is 22.8 Å². The van der Waals surface area contributed by atoms with E-state index in [1.165, 1.54) is 7.11 Å². The zero-order valence-corrected chi connectivity index (χ0v) is 24.5. The summed E-state index contributed by atoms with van der Waals surface area (Å²) in [5.41, 5.74) is 0.200. The van der Waals surface area contributed by atoms with Crippen molar-refractivity contribution in [2.45, 2.75) is 87.4 Å². The standard InChI is InChI=1S/C30H39NO13/c1-3-41-28(38)13-7-12-8-14-16(10-31-26(14)35)17-11-42-22-19(17)18(12)15(9-13)21(24(22)40-2)43-29-30(39,5-4-6-32)25(34)20(33)23(44-29)27(36)37/h11-14,16,20,23,25,27,29,32-34,36-37,39H,3-10H2,1-2H3,(H,31,35)/t12-,13+,14+,16+,20+,23-,25-,29-,30+/m0/s1. The largest absolute Gasteiger partial charge is 0.490 e. The molecule has 0 saturated carbocycles. The molecule has 4 aliphatic rings. The van der Waals surface area contributed by atoms with E-state index in [1.807, 2.05) is 0 Å². The van der Waals surface area contributed by atoms with Crippen molar-refractivity contribution < 1.29 is 63.6 Å². The monoisotopic (exact) mass is 621 g/mol. The smallest absolute Gasteiger partial charge is 0.309 e. The number of ether oxygens (including phenoxy) is 4. The number of nitrogens with one attached hydrogen (secondary N) is 1. The van der Waals surface area contributed by atoms with E-state index in [2.05, 4.69) is 5.32 Å². The summed E-state index contributed by atoms with van der Waals surface area (Å²) in [5.74, 6) is -1.75. The van der Waals surface area contributed by atoms with Crippen LogP contribution in [-0.2, 0) is 25.5 Å². The average molecular weight is 622 g/mol. The summed E-state index contributed by atoms with van der Waals surface area (Å²) in [4.78, 5) is 26.1. The molecule has 0 bridgehead atoms. The summed E-state index contributed by atoms with van der Waals surface area (Å²) in [7, 11) is 1.39. The number of hydrogen-bond acceptors (Lipinski definition) is 13. The summed E-state index contributed by atoms with van der Waals surface area (Å²) >= 11 is 0. The number of rotatable bonds is 9. The van der Waals surface area contributed by atoms with Crippen LogP contribution < -0.4 is 14.8 Å². The third-order valence-electron chi connectivity index (χ3n) is 9.72. The number of benzene rings is 1. The predicted octanol–water partition coefficient (Wildman–Crippen LogP) is -0.476. The van der Waals surface area contributed by atoms with Gasteiger partial charge in [0.25, 0.3) is 0 Å². The maximum absolute atomic E-state index is 13.2. The van der Waals surface area contributed by atoms with Crippen molar-refractivity contribution in [3.05, 3.63) is 23.0 Å². The van der Waals surface area contributed by atoms with Gasteiger partial charge in [0.15, 0.2) is 23.2 Å². The first kappa shape index (κ1) is 31.0. The van der Waals surface area contributed by atoms with E-state index in [9.17, 15) is 40.2 Å². The van der Waals surface area contributed by atoms with Crippen LogP contribution in [-0.4, -0.2) is 106 Å². The van der Waals surface area contributed by atoms with Gasteiger partial charge in [-0.05, 0) is 50.5 Å². The Labute approximate surface area is 252 Å². The molecule has 2 aliphatic heterocycles. The SMILES string of the molecule is CCOC(=O)[C@H]1Cc2c(O[C@H]3O[C@H](C(O)O)[C@@H](O)[C@H](O)[C@]3(O)CCCO)c(OC)c3occ4c3c2[C@@H](C1)C[C@H]1C(=O)NC[C@@H]41. The van der Waals surface area contributed by atoms with Gasteiger partial charge in [0.2, 0.25) is 17.9 Å². The van der Waals surface area contributed by atoms with Gasteiger partial charge in [-0.25, -0.2) is 0 Å². The topological polar surface area (TPSA) is 218 Å². The summed E-state index contributed by atoms with van der Waals surface area (Å²) in [6, 6.07) is 0. The molecule has 9 atom stereocenters. The molecule has 3 heterocycles. The Morgan fingerprint density at radius 2 is 1.98 bits per heavy atom. The van der Waals surface area contributed by atoms with Gasteiger partial charge in [0, 0.05) is 41.5 Å². The number of carbonyl (C=O) groups excluding carboxylic acids is 2. The fourth-order valence-corrected chi connectivity index (χ4v) is 7.65. The van der Waals surface area contributed by atoms with Crippen molar-refractivity contribution in [3.8, 4) is 11.5 Å². The van der Waals surface area contributed by atoms with Gasteiger partial charge in [-0.2, -0.15) is 0 Å². The highest BCUT2D eigenvalue weighted by molar-refractivity contribution is 5.97. The lowest BCUT2D eigenvalue weighted by molar-refractivity contribution is -0.345. The Morgan fingerprint density at radius 3 is 2.66 bits per heavy atom. The minimum Gasteiger partial charge on any atom is -0.490 e. The van der Waals surface area contributed by atoms with Crippen LogP contribution in [0.5, 0.6) is 11.5 Å². The molecule has 2 aliphatic carbocycles. The molecule has 14 nitrogen and oxygen atoms in total. The summed E-state index contributed by atoms with van der Waals surface area (Å²) < 4.78 is 29.4. The fraction of sp³-hybridized carbons (Fsp3) is 0.667. The number of amides is 1. The lowest BCUT2D eigenvalue weighted by atomic mass is 9.72. The minimum atomic E-state index is -2.31. The first-order chi connectivity index (χ1) is 21.0. The third-order valence-corrected chi connectivity index (χ3v) is 9.72. The zero-order chi connectivity index (χ0) is 31.5. The number of hydrogen-bond donors (Lipinski definition) is 7. The summed E-state index contributed by atoms with van der Waals surface area (Å²) in [5, 5.41) is 66.3. The van der Waals surface area contributed by atoms with Crippen molar-refractivity contribution in [1.82, 2.24) is 5.32 Å². The molecule has 44 heavy (non-hydrogen) atoms. The van der Waals surface area contributed by atoms with Gasteiger partial charge in [-0.1, -0.05) is 0 Å². The van der Waals surface area contributed by atoms with E-state index >= 15 is 0 Å². The molecular formula is C30H39NO13. The third kappa shape index (κ3) is 4.75. The van der Waals surface area contributed by atoms with Crippen LogP contribution in [0.25, 0.3) is 11.0 Å². The van der Waals surface area contributed by atoms with Gasteiger partial charge < -0.3 is 59.3 Å². The van der Waals surface area contributed by atoms with Crippen molar-refractivity contribution in [2.24, 2.45) is 11.8 Å². The van der Waals surface area contributed by atoms with Crippen molar-refractivity contribution in [2.75, 3.05) is 26.9 Å². The van der Waals surface area contributed by atoms with Crippen LogP contribution in [0, 0.1) is 11.8 Å². The second kappa shape index (κ2) is 11.7. The quantitative estimate of drug-likeness (QED) is 0.139. The maximum Gasteiger partial charge on any atom is 0.309 e. The highest BCUT2D eigenvalue weighted by Crippen LogP contribution is 2.57. The normalized spacial score (nSPS) is 34.4. The molecule has 1 amide bonds. The summed E-state index contributed by atoms with van der Waals surface area (Å²) in [6.45, 7) is 1.96. The molecule has 1 aromatic heterocycles. The van der Waals surface area contributed by atoms with Gasteiger partial charge in [-0.15, -0.1) is 0 Å². The molecule has 14 heteroatoms. The van der Waals surface area contributed by atoms with Crippen LogP contribution in [0.2, 0.25) is 0 Å². The minimum absolute atomic E-state index is 0.0104. The second-order valence-electron chi connectivity index (χ2n) is 12.1. The van der Waals surface area contributed by atoms with E-state index in [1.54, 1.807) is 13.2 Å². The lowest BCUT2D eigenvalue weighted by Crippen LogP contribution is -2.69. The number of methoxy groups -OCH3 is 1. The number of esters is 1. The highest BCUT2D eigenvalue weighted by Gasteiger charge is 2.58. The number of aliphatic hydroxyl groups excluding tert-OH is 4. The molecule has 0 spiro atoms. The molecule has 1 aromatic carbocycles. The van der Waals surface area contributed by atoms with Crippen LogP contribution >= 0.6 is 0 Å². The number of furan rings is 1. The van der Waals surface area contributed by atoms with Crippen LogP contribution in [0.4, 0.5) is 0 Å². The van der Waals surface area contributed by atoms with E-state index < -0.39 is 48.4 Å². The molecule has 0 radical (unpaired) electrons. The number of carbonyl (C=O) groups is 2. The Morgan fingerprint density at radius 1 is 1.20 bits per heavy atom. The Kier molecular flexibility index (Phi) is 8.28. The van der Waals surface area contributed by atoms with Gasteiger partial charge >= 0.3 is 5.97 Å². The van der Waals surface area contributed by atoms with Crippen molar-refractivity contribution in [1.29, 1.82) is 0 Å². The van der Waals surface area contributed by atoms with E-state index in [0.29, 0.717) is 30.5 Å². The predicted molar refractivity (Wildman–Crippen MR) is 149 cm³/mol. The molecule has 242 valence electrons. The molecule has 6 rings (SSSR count). The van der Waals surface area contributed by atoms with Gasteiger partial charge in [0.05, 0.1) is 25.9 Å². The molecular weight excluding hydrogens is 582 g/mol. The number of fused-ring (bicyclic) bond motifs is 2. The average Bonchev–Trinajstić information content (AvgIpc) is 3.55. The molecule has 2 saturated heterocycles. The zero-order valence-electron chi connectivity index (χ0n) is 24.5. The molecule has 2 aromatic rings. The Bertz CT molecular complexity index is 1420. The fourth-order valence-electron chi connectivity index (χ4n) is 7.65. The highest BCUT2D eigenvalue weighted by atomic mass is 16.7. The molecule has 2 fully saturated rings. The van der Waals surface area contributed by atoms with E-state index in [-0.39, 0.29) is 67.6 Å². The van der Waals surface area contributed by atoms with Gasteiger partial charge in [0.1, 0.15) is 18.3 Å². The summed E-state index contributed by atoms with van der Waals surface area (Å²) in [6.07, 6.45) is -7.32. The Balaban J connectivity index is 1.54. The lowest BCUT2D eigenvalue weighted by Gasteiger charge is -2.48. The van der Waals surface area contributed by atoms with Crippen molar-refractivity contribution in [3.63, 3.8) is 0 Å².